The van der Waals surface area contributed by atoms with Crippen LogP contribution in [-0.4, -0.2) is 34.4 Å². The van der Waals surface area contributed by atoms with E-state index in [4.69, 9.17) is 22.2 Å². The quantitative estimate of drug-likeness (QED) is 0.352. The zero-order valence-electron chi connectivity index (χ0n) is 13.7. The normalized spacial score (nSPS) is 10.2. The third kappa shape index (κ3) is 4.09. The van der Waals surface area contributed by atoms with Crippen molar-refractivity contribution < 1.29 is 9.18 Å². The predicted molar refractivity (Wildman–Crippen MR) is 101 cm³/mol. The number of anilines is 2. The van der Waals surface area contributed by atoms with E-state index in [2.05, 4.69) is 25.7 Å². The molecule has 0 fully saturated rings. The van der Waals surface area contributed by atoms with Crippen molar-refractivity contribution in [3.8, 4) is 0 Å². The molecule has 0 saturated carbocycles. The molecule has 3 aromatic rings. The number of aromatic nitrogens is 3. The molecule has 136 valence electrons. The highest BCUT2D eigenvalue weighted by atomic mass is 35.5. The van der Waals surface area contributed by atoms with Crippen LogP contribution in [0.1, 0.15) is 10.4 Å². The van der Waals surface area contributed by atoms with E-state index in [0.717, 1.165) is 10.4 Å². The lowest BCUT2D eigenvalue weighted by Crippen LogP contribution is -2.15. The predicted octanol–water partition coefficient (Wildman–Crippen LogP) is 3.69. The number of halogens is 2. The molecule has 1 amide bonds. The number of aromatic amines is 1. The Kier molecular flexibility index (Phi) is 6.47. The van der Waals surface area contributed by atoms with Crippen molar-refractivity contribution in [1.29, 1.82) is 0 Å². The second-order valence-corrected chi connectivity index (χ2v) is 6.02. The number of fused-ring (bicyclic) bond motifs is 1. The standard InChI is InChI=1S/C14H11ClFN5OS.CH3NO/c1-23-14-7-4-6(5-18-12(7)20-21-14)19-13(22)10-8(15)2-3-9(17)11(10)16;1-2-3/h2-5H,17H2,1H3,(H,19,22)(H,18,20,21);1H3. The SMILES string of the molecule is CN=O.CSc1n[nH]c2ncc(NC(=O)c3c(Cl)ccc(N)c3F)cc12. The average molecular weight is 397 g/mol. The van der Waals surface area contributed by atoms with Crippen LogP contribution in [0, 0.1) is 10.7 Å². The molecule has 0 unspecified atom stereocenters. The number of nitrogens with two attached hydrogens (primary N) is 1. The van der Waals surface area contributed by atoms with Gasteiger partial charge in [0.1, 0.15) is 5.03 Å². The van der Waals surface area contributed by atoms with Gasteiger partial charge in [-0.15, -0.1) is 11.8 Å². The molecule has 0 aliphatic rings. The lowest BCUT2D eigenvalue weighted by atomic mass is 10.1. The minimum atomic E-state index is -0.850. The second kappa shape index (κ2) is 8.59. The maximum absolute atomic E-state index is 14.0. The fourth-order valence-corrected chi connectivity index (χ4v) is 2.82. The summed E-state index contributed by atoms with van der Waals surface area (Å²) < 4.78 is 14.0. The highest BCUT2D eigenvalue weighted by Crippen LogP contribution is 2.27. The first-order valence-electron chi connectivity index (χ1n) is 7.07. The first kappa shape index (κ1) is 19.6. The number of rotatable bonds is 3. The molecule has 8 nitrogen and oxygen atoms in total. The molecule has 4 N–H and O–H groups in total. The number of amides is 1. The molecule has 0 radical (unpaired) electrons. The van der Waals surface area contributed by atoms with Gasteiger partial charge in [-0.25, -0.2) is 9.37 Å². The highest BCUT2D eigenvalue weighted by molar-refractivity contribution is 7.98. The van der Waals surface area contributed by atoms with E-state index in [1.165, 1.54) is 37.1 Å². The van der Waals surface area contributed by atoms with Gasteiger partial charge in [-0.2, -0.15) is 10.0 Å². The van der Waals surface area contributed by atoms with E-state index in [9.17, 15) is 9.18 Å². The van der Waals surface area contributed by atoms with Gasteiger partial charge in [0.2, 0.25) is 0 Å². The van der Waals surface area contributed by atoms with Crippen molar-refractivity contribution >= 4 is 51.7 Å². The maximum atomic E-state index is 14.0. The van der Waals surface area contributed by atoms with Crippen LogP contribution in [0.15, 0.2) is 34.6 Å². The molecular weight excluding hydrogens is 383 g/mol. The van der Waals surface area contributed by atoms with Crippen LogP contribution in [0.25, 0.3) is 11.0 Å². The molecule has 2 aromatic heterocycles. The molecule has 2 heterocycles. The van der Waals surface area contributed by atoms with E-state index >= 15 is 0 Å². The lowest BCUT2D eigenvalue weighted by molar-refractivity contribution is 0.102. The Labute approximate surface area is 156 Å². The molecule has 0 bridgehead atoms. The molecule has 0 aliphatic heterocycles. The number of thioether (sulfide) groups is 1. The summed E-state index contributed by atoms with van der Waals surface area (Å²) in [6.07, 6.45) is 3.32. The fraction of sp³-hybridized carbons (Fsp3) is 0.133. The van der Waals surface area contributed by atoms with Crippen molar-refractivity contribution in [2.45, 2.75) is 5.03 Å². The van der Waals surface area contributed by atoms with E-state index in [0.29, 0.717) is 11.3 Å². The summed E-state index contributed by atoms with van der Waals surface area (Å²) >= 11 is 7.34. The van der Waals surface area contributed by atoms with Gasteiger partial charge in [0.05, 0.1) is 40.6 Å². The summed E-state index contributed by atoms with van der Waals surface area (Å²) in [7, 11) is 1.19. The van der Waals surface area contributed by atoms with Gasteiger partial charge < -0.3 is 11.1 Å². The molecule has 11 heteroatoms. The maximum Gasteiger partial charge on any atom is 0.260 e. The number of nitrogen functional groups attached to an aromatic ring is 1. The summed E-state index contributed by atoms with van der Waals surface area (Å²) in [6.45, 7) is 0. The molecule has 3 rings (SSSR count). The fourth-order valence-electron chi connectivity index (χ4n) is 2.08. The van der Waals surface area contributed by atoms with Crippen molar-refractivity contribution in [3.05, 3.63) is 45.7 Å². The summed E-state index contributed by atoms with van der Waals surface area (Å²) in [5.41, 5.74) is 6.03. The van der Waals surface area contributed by atoms with Gasteiger partial charge in [-0.05, 0) is 24.5 Å². The largest absolute Gasteiger partial charge is 0.396 e. The number of nitrogens with zero attached hydrogens (tertiary/aromatic N) is 3. The highest BCUT2D eigenvalue weighted by Gasteiger charge is 2.19. The summed E-state index contributed by atoms with van der Waals surface area (Å²) in [4.78, 5) is 25.0. The average Bonchev–Trinajstić information content (AvgIpc) is 3.01. The number of carbonyl (C=O) groups is 1. The Hall–Kier alpha value is -2.72. The number of carbonyl (C=O) groups excluding carboxylic acids is 1. The monoisotopic (exact) mass is 396 g/mol. The first-order valence-corrected chi connectivity index (χ1v) is 8.67. The number of nitrogens with one attached hydrogen (secondary N) is 2. The minimum absolute atomic E-state index is 0.0173. The van der Waals surface area contributed by atoms with Gasteiger partial charge in [-0.1, -0.05) is 16.8 Å². The molecule has 0 spiro atoms. The number of hydrogen-bond donors (Lipinski definition) is 3. The van der Waals surface area contributed by atoms with E-state index in [1.807, 2.05) is 6.26 Å². The smallest absolute Gasteiger partial charge is 0.260 e. The van der Waals surface area contributed by atoms with Gasteiger partial charge >= 0.3 is 0 Å². The second-order valence-electron chi connectivity index (χ2n) is 4.82. The van der Waals surface area contributed by atoms with Crippen LogP contribution in [-0.2, 0) is 0 Å². The van der Waals surface area contributed by atoms with Crippen LogP contribution >= 0.6 is 23.4 Å². The van der Waals surface area contributed by atoms with Gasteiger partial charge in [0.25, 0.3) is 5.91 Å². The Balaban J connectivity index is 0.000000758. The van der Waals surface area contributed by atoms with E-state index in [-0.39, 0.29) is 16.3 Å². The van der Waals surface area contributed by atoms with E-state index < -0.39 is 11.7 Å². The summed E-state index contributed by atoms with van der Waals surface area (Å²) in [5, 5.41) is 13.2. The first-order chi connectivity index (χ1) is 12.4. The Bertz CT molecular complexity index is 965. The molecule has 0 saturated heterocycles. The minimum Gasteiger partial charge on any atom is -0.396 e. The molecule has 26 heavy (non-hydrogen) atoms. The molecule has 1 aromatic carbocycles. The van der Waals surface area contributed by atoms with Crippen LogP contribution in [0.3, 0.4) is 0 Å². The zero-order chi connectivity index (χ0) is 19.3. The van der Waals surface area contributed by atoms with Crippen LogP contribution in [0.4, 0.5) is 15.8 Å². The number of H-pyrrole nitrogens is 1. The summed E-state index contributed by atoms with van der Waals surface area (Å²) in [6, 6.07) is 4.38. The van der Waals surface area contributed by atoms with Crippen LogP contribution in [0.5, 0.6) is 0 Å². The van der Waals surface area contributed by atoms with Crippen LogP contribution < -0.4 is 11.1 Å². The van der Waals surface area contributed by atoms with Crippen molar-refractivity contribution in [2.75, 3.05) is 24.4 Å². The number of nitroso groups, excluding NO2 is 1. The molecular formula is C15H14ClFN6O2S. The van der Waals surface area contributed by atoms with Crippen molar-refractivity contribution in [1.82, 2.24) is 15.2 Å². The topological polar surface area (TPSA) is 126 Å². The van der Waals surface area contributed by atoms with Gasteiger partial charge in [-0.3, -0.25) is 9.89 Å². The zero-order valence-corrected chi connectivity index (χ0v) is 15.3. The number of pyridine rings is 1. The van der Waals surface area contributed by atoms with Crippen molar-refractivity contribution in [2.24, 2.45) is 5.18 Å². The number of hydrogen-bond acceptors (Lipinski definition) is 7. The Morgan fingerprint density at radius 3 is 2.81 bits per heavy atom. The third-order valence-electron chi connectivity index (χ3n) is 3.18. The Morgan fingerprint density at radius 1 is 1.46 bits per heavy atom. The molecule has 0 aliphatic carbocycles. The third-order valence-corrected chi connectivity index (χ3v) is 4.19. The van der Waals surface area contributed by atoms with Gasteiger partial charge in [0.15, 0.2) is 11.5 Å². The molecule has 0 atom stereocenters. The lowest BCUT2D eigenvalue weighted by Gasteiger charge is -2.09. The summed E-state index contributed by atoms with van der Waals surface area (Å²) in [5.74, 6) is -1.55. The van der Waals surface area contributed by atoms with E-state index in [1.54, 1.807) is 6.07 Å². The van der Waals surface area contributed by atoms with Gasteiger partial charge in [0, 0.05) is 0 Å². The Morgan fingerprint density at radius 2 is 2.15 bits per heavy atom. The van der Waals surface area contributed by atoms with Crippen LogP contribution in [0.2, 0.25) is 5.02 Å². The number of benzene rings is 1. The van der Waals surface area contributed by atoms with Crippen molar-refractivity contribution in [3.63, 3.8) is 0 Å².